The molecule has 36 heavy (non-hydrogen) atoms. The Balaban J connectivity index is 1.48. The highest BCUT2D eigenvalue weighted by atomic mass is 16.8. The third-order valence-corrected chi connectivity index (χ3v) is 6.20. The second-order valence-corrected chi connectivity index (χ2v) is 8.97. The van der Waals surface area contributed by atoms with Gasteiger partial charge in [-0.3, -0.25) is 0 Å². The number of rotatable bonds is 5. The molecule has 1 unspecified atom stereocenters. The summed E-state index contributed by atoms with van der Waals surface area (Å²) in [6.45, 7) is 5.23. The lowest BCUT2D eigenvalue weighted by molar-refractivity contribution is -0.282. The quantitative estimate of drug-likeness (QED) is 0.304. The molecule has 2 saturated heterocycles. The molecular formula is C25H24N2O9. The van der Waals surface area contributed by atoms with Crippen LogP contribution in [0.1, 0.15) is 19.4 Å². The predicted molar refractivity (Wildman–Crippen MR) is 125 cm³/mol. The van der Waals surface area contributed by atoms with E-state index in [1.54, 1.807) is 51.1 Å². The number of nitrogens with zero attached hydrogens (tertiary/aromatic N) is 2. The van der Waals surface area contributed by atoms with Crippen molar-refractivity contribution in [3.8, 4) is 11.5 Å². The van der Waals surface area contributed by atoms with Gasteiger partial charge >= 0.3 is 11.8 Å². The Bertz CT molecular complexity index is 1400. The standard InChI is InChI=1S/C25H24N2O9/c1-12-15(32-23-20-19(34-24(30)35-20)21(31-4)25(2,3)36-23)11-10-14-17(28)16(22(29)33-18(12)14)27-26-13-8-6-5-7-9-13/h5-11,19-21,23,28H,1-4H3/t19-,20?,21-,23-/m1/s1. The van der Waals surface area contributed by atoms with Crippen LogP contribution >= 0.6 is 0 Å². The van der Waals surface area contributed by atoms with Crippen molar-refractivity contribution in [1.29, 1.82) is 0 Å². The van der Waals surface area contributed by atoms with Crippen LogP contribution in [0, 0.1) is 6.92 Å². The number of azo groups is 1. The van der Waals surface area contributed by atoms with Crippen molar-refractivity contribution >= 4 is 28.5 Å². The maximum atomic E-state index is 12.6. The molecule has 2 aromatic carbocycles. The molecule has 0 amide bonds. The van der Waals surface area contributed by atoms with E-state index in [1.165, 1.54) is 13.2 Å². The number of hydrogen-bond acceptors (Lipinski definition) is 11. The molecule has 0 spiro atoms. The lowest BCUT2D eigenvalue weighted by atomic mass is 9.89. The summed E-state index contributed by atoms with van der Waals surface area (Å²) in [6, 6.07) is 11.9. The van der Waals surface area contributed by atoms with Crippen LogP contribution in [-0.2, 0) is 18.9 Å². The maximum Gasteiger partial charge on any atom is 0.509 e. The van der Waals surface area contributed by atoms with Gasteiger partial charge in [-0.1, -0.05) is 18.2 Å². The van der Waals surface area contributed by atoms with Gasteiger partial charge in [-0.25, -0.2) is 9.59 Å². The SMILES string of the molecule is CO[C@@H]1[C@@H]2OC(=O)OC2[C@H](Oc2ccc3c(O)c(N=Nc4ccccc4)c(=O)oc3c2C)OC1(C)C. The van der Waals surface area contributed by atoms with Gasteiger partial charge in [-0.15, -0.1) is 5.11 Å². The molecule has 2 aliphatic rings. The zero-order valence-electron chi connectivity index (χ0n) is 20.0. The van der Waals surface area contributed by atoms with Crippen LogP contribution < -0.4 is 10.4 Å². The molecule has 1 N–H and O–H groups in total. The summed E-state index contributed by atoms with van der Waals surface area (Å²) in [4.78, 5) is 24.5. The Morgan fingerprint density at radius 1 is 1.00 bits per heavy atom. The van der Waals surface area contributed by atoms with Crippen molar-refractivity contribution in [3.63, 3.8) is 0 Å². The van der Waals surface area contributed by atoms with E-state index >= 15 is 0 Å². The van der Waals surface area contributed by atoms with Crippen LogP contribution in [-0.4, -0.2) is 48.6 Å². The minimum Gasteiger partial charge on any atom is -0.505 e. The van der Waals surface area contributed by atoms with Crippen LogP contribution in [0.25, 0.3) is 11.0 Å². The van der Waals surface area contributed by atoms with E-state index in [1.807, 2.05) is 6.07 Å². The third-order valence-electron chi connectivity index (χ3n) is 6.20. The molecule has 11 nitrogen and oxygen atoms in total. The normalized spacial score (nSPS) is 24.9. The van der Waals surface area contributed by atoms with E-state index in [-0.39, 0.29) is 22.4 Å². The molecule has 0 bridgehead atoms. The van der Waals surface area contributed by atoms with Crippen LogP contribution in [0.4, 0.5) is 16.2 Å². The average Bonchev–Trinajstić information content (AvgIpc) is 3.22. The van der Waals surface area contributed by atoms with Gasteiger partial charge in [0.15, 0.2) is 11.9 Å². The molecule has 4 atom stereocenters. The van der Waals surface area contributed by atoms with Crippen molar-refractivity contribution in [2.45, 2.75) is 51.0 Å². The average molecular weight is 496 g/mol. The Hall–Kier alpha value is -3.96. The van der Waals surface area contributed by atoms with Crippen molar-refractivity contribution in [1.82, 2.24) is 0 Å². The molecule has 2 fully saturated rings. The summed E-state index contributed by atoms with van der Waals surface area (Å²) in [5.74, 6) is -0.0752. The fourth-order valence-electron chi connectivity index (χ4n) is 4.47. The number of methoxy groups -OCH3 is 1. The van der Waals surface area contributed by atoms with Gasteiger partial charge in [-0.2, -0.15) is 5.11 Å². The minimum absolute atomic E-state index is 0.106. The zero-order chi connectivity index (χ0) is 25.6. The molecule has 2 aliphatic heterocycles. The van der Waals surface area contributed by atoms with Crippen molar-refractivity contribution < 1.29 is 38.0 Å². The van der Waals surface area contributed by atoms with Crippen molar-refractivity contribution in [2.24, 2.45) is 10.2 Å². The topological polar surface area (TPSA) is 138 Å². The lowest BCUT2D eigenvalue weighted by Gasteiger charge is -2.45. The van der Waals surface area contributed by atoms with Crippen LogP contribution in [0.5, 0.6) is 11.5 Å². The molecular weight excluding hydrogens is 472 g/mol. The smallest absolute Gasteiger partial charge is 0.505 e. The third kappa shape index (κ3) is 4.06. The summed E-state index contributed by atoms with van der Waals surface area (Å²) in [6.07, 6.45) is -4.07. The Labute approximate surface area is 205 Å². The molecule has 3 aromatic rings. The van der Waals surface area contributed by atoms with E-state index in [0.29, 0.717) is 17.0 Å². The lowest BCUT2D eigenvalue weighted by Crippen LogP contribution is -2.62. The Kier molecular flexibility index (Phi) is 5.89. The van der Waals surface area contributed by atoms with E-state index in [0.717, 1.165) is 0 Å². The number of aryl methyl sites for hydroxylation is 1. The highest BCUT2D eigenvalue weighted by Crippen LogP contribution is 2.41. The molecule has 0 radical (unpaired) electrons. The first-order valence-corrected chi connectivity index (χ1v) is 11.2. The summed E-state index contributed by atoms with van der Waals surface area (Å²) >= 11 is 0. The zero-order valence-corrected chi connectivity index (χ0v) is 20.0. The van der Waals surface area contributed by atoms with E-state index in [2.05, 4.69) is 10.2 Å². The van der Waals surface area contributed by atoms with Gasteiger partial charge in [0, 0.05) is 12.7 Å². The van der Waals surface area contributed by atoms with Crippen molar-refractivity contribution in [2.75, 3.05) is 7.11 Å². The second-order valence-electron chi connectivity index (χ2n) is 8.97. The molecule has 0 saturated carbocycles. The largest absolute Gasteiger partial charge is 0.509 e. The summed E-state index contributed by atoms with van der Waals surface area (Å²) < 4.78 is 33.7. The molecule has 0 aliphatic carbocycles. The summed E-state index contributed by atoms with van der Waals surface area (Å²) in [5, 5.41) is 18.9. The summed E-state index contributed by atoms with van der Waals surface area (Å²) in [7, 11) is 1.50. The van der Waals surface area contributed by atoms with Gasteiger partial charge in [0.2, 0.25) is 18.1 Å². The highest BCUT2D eigenvalue weighted by molar-refractivity contribution is 5.90. The first-order chi connectivity index (χ1) is 17.2. The van der Waals surface area contributed by atoms with E-state index in [9.17, 15) is 14.7 Å². The van der Waals surface area contributed by atoms with E-state index < -0.39 is 42.0 Å². The monoisotopic (exact) mass is 496 g/mol. The van der Waals surface area contributed by atoms with E-state index in [4.69, 9.17) is 28.1 Å². The number of aromatic hydroxyl groups is 1. The van der Waals surface area contributed by atoms with Gasteiger partial charge in [0.05, 0.1) is 16.7 Å². The molecule has 188 valence electrons. The number of benzene rings is 2. The Morgan fingerprint density at radius 2 is 1.72 bits per heavy atom. The first kappa shape index (κ1) is 23.8. The molecule has 1 aromatic heterocycles. The predicted octanol–water partition coefficient (Wildman–Crippen LogP) is 4.66. The minimum atomic E-state index is -1.03. The maximum absolute atomic E-state index is 12.6. The van der Waals surface area contributed by atoms with Gasteiger partial charge in [0.1, 0.15) is 17.4 Å². The molecule has 5 rings (SSSR count). The number of carbonyl (C=O) groups is 1. The van der Waals surface area contributed by atoms with Crippen molar-refractivity contribution in [3.05, 3.63) is 58.4 Å². The number of hydrogen-bond donors (Lipinski definition) is 1. The van der Waals surface area contributed by atoms with Gasteiger partial charge in [0.25, 0.3) is 0 Å². The summed E-state index contributed by atoms with van der Waals surface area (Å²) in [5.41, 5.74) is -1.02. The number of carbonyl (C=O) groups excluding carboxylic acids is 1. The van der Waals surface area contributed by atoms with Crippen LogP contribution in [0.15, 0.2) is 61.9 Å². The Morgan fingerprint density at radius 3 is 2.44 bits per heavy atom. The van der Waals surface area contributed by atoms with Crippen LogP contribution in [0.3, 0.4) is 0 Å². The van der Waals surface area contributed by atoms with Gasteiger partial charge < -0.3 is 33.2 Å². The number of fused-ring (bicyclic) bond motifs is 2. The highest BCUT2D eigenvalue weighted by Gasteiger charge is 2.59. The molecule has 3 heterocycles. The van der Waals surface area contributed by atoms with Crippen LogP contribution in [0.2, 0.25) is 0 Å². The fraction of sp³-hybridized carbons (Fsp3) is 0.360. The fourth-order valence-corrected chi connectivity index (χ4v) is 4.47. The molecule has 11 heteroatoms. The second kappa shape index (κ2) is 8.92. The van der Waals surface area contributed by atoms with Gasteiger partial charge in [-0.05, 0) is 45.0 Å². The number of ether oxygens (including phenoxy) is 5. The first-order valence-electron chi connectivity index (χ1n) is 11.2.